The molecule has 4 rings (SSSR count). The van der Waals surface area contributed by atoms with E-state index in [0.29, 0.717) is 13.1 Å². The molecule has 4 heterocycles. The van der Waals surface area contributed by atoms with E-state index >= 15 is 0 Å². The molecule has 0 spiro atoms. The molecule has 0 aliphatic carbocycles. The van der Waals surface area contributed by atoms with Crippen molar-refractivity contribution >= 4 is 23.1 Å². The van der Waals surface area contributed by atoms with Crippen LogP contribution in [0.5, 0.6) is 0 Å². The first-order valence-corrected chi connectivity index (χ1v) is 8.79. The monoisotopic (exact) mass is 339 g/mol. The summed E-state index contributed by atoms with van der Waals surface area (Å²) in [7, 11) is 0. The predicted molar refractivity (Wildman–Crippen MR) is 93.8 cm³/mol. The van der Waals surface area contributed by atoms with Gasteiger partial charge in [0.25, 0.3) is 5.91 Å². The Kier molecular flexibility index (Phi) is 4.00. The van der Waals surface area contributed by atoms with Crippen molar-refractivity contribution in [3.05, 3.63) is 59.0 Å². The van der Waals surface area contributed by atoms with Crippen LogP contribution < -0.4 is 4.90 Å². The summed E-state index contributed by atoms with van der Waals surface area (Å²) in [6.07, 6.45) is 3.89. The number of hydrogen-bond acceptors (Lipinski definition) is 5. The minimum Gasteiger partial charge on any atom is -0.352 e. The van der Waals surface area contributed by atoms with E-state index in [1.54, 1.807) is 11.3 Å². The fourth-order valence-corrected chi connectivity index (χ4v) is 3.45. The molecule has 7 heteroatoms. The van der Waals surface area contributed by atoms with Crippen molar-refractivity contribution in [2.45, 2.75) is 0 Å². The summed E-state index contributed by atoms with van der Waals surface area (Å²) in [4.78, 5) is 16.4. The molecule has 1 aliphatic heterocycles. The highest BCUT2D eigenvalue weighted by Gasteiger charge is 2.23. The number of anilines is 1. The normalized spacial score (nSPS) is 14.8. The second-order valence-electron chi connectivity index (χ2n) is 5.63. The number of carbonyl (C=O) groups is 1. The van der Waals surface area contributed by atoms with Crippen molar-refractivity contribution in [1.82, 2.24) is 19.7 Å². The van der Waals surface area contributed by atoms with E-state index in [-0.39, 0.29) is 5.91 Å². The highest BCUT2D eigenvalue weighted by molar-refractivity contribution is 7.08. The Balaban J connectivity index is 1.40. The molecule has 0 saturated carbocycles. The van der Waals surface area contributed by atoms with Gasteiger partial charge in [-0.3, -0.25) is 4.79 Å². The smallest absolute Gasteiger partial charge is 0.254 e. The molecule has 0 radical (unpaired) electrons. The van der Waals surface area contributed by atoms with Crippen LogP contribution in [0.4, 0.5) is 5.82 Å². The third-order valence-electron chi connectivity index (χ3n) is 4.16. The standard InChI is InChI=1S/C17H17N5OS/c23-17(14-5-12-24-13-14)22-10-8-21(9-11-22)16-4-3-15(18-19-16)20-6-1-2-7-20/h1-7,12-13H,8-11H2. The van der Waals surface area contributed by atoms with E-state index in [0.717, 1.165) is 30.3 Å². The summed E-state index contributed by atoms with van der Waals surface area (Å²) >= 11 is 1.55. The zero-order valence-corrected chi connectivity index (χ0v) is 13.9. The maximum Gasteiger partial charge on any atom is 0.254 e. The summed E-state index contributed by atoms with van der Waals surface area (Å²) in [5.41, 5.74) is 0.782. The minimum atomic E-state index is 0.116. The second kappa shape index (κ2) is 6.45. The predicted octanol–water partition coefficient (Wildman–Crippen LogP) is 2.29. The molecule has 0 aromatic carbocycles. The summed E-state index contributed by atoms with van der Waals surface area (Å²) in [6.45, 7) is 2.95. The number of thiophene rings is 1. The first-order valence-electron chi connectivity index (χ1n) is 7.85. The van der Waals surface area contributed by atoms with E-state index in [1.165, 1.54) is 0 Å². The Morgan fingerprint density at radius 2 is 1.67 bits per heavy atom. The molecule has 0 N–H and O–H groups in total. The van der Waals surface area contributed by atoms with E-state index in [2.05, 4.69) is 15.1 Å². The van der Waals surface area contributed by atoms with E-state index in [9.17, 15) is 4.79 Å². The van der Waals surface area contributed by atoms with Crippen LogP contribution >= 0.6 is 11.3 Å². The zero-order chi connectivity index (χ0) is 16.4. The summed E-state index contributed by atoms with van der Waals surface area (Å²) in [6, 6.07) is 9.74. The Morgan fingerprint density at radius 3 is 2.29 bits per heavy atom. The lowest BCUT2D eigenvalue weighted by Gasteiger charge is -2.35. The molecule has 3 aromatic heterocycles. The average molecular weight is 339 g/mol. The molecule has 3 aromatic rings. The third-order valence-corrected chi connectivity index (χ3v) is 4.85. The topological polar surface area (TPSA) is 54.3 Å². The lowest BCUT2D eigenvalue weighted by Crippen LogP contribution is -2.49. The number of rotatable bonds is 3. The molecule has 6 nitrogen and oxygen atoms in total. The van der Waals surface area contributed by atoms with Gasteiger partial charge in [0.05, 0.1) is 5.56 Å². The molecule has 1 aliphatic rings. The van der Waals surface area contributed by atoms with Gasteiger partial charge in [-0.05, 0) is 35.7 Å². The number of hydrogen-bond donors (Lipinski definition) is 0. The second-order valence-corrected chi connectivity index (χ2v) is 6.41. The van der Waals surface area contributed by atoms with Gasteiger partial charge in [0.2, 0.25) is 0 Å². The molecule has 1 saturated heterocycles. The van der Waals surface area contributed by atoms with Crippen molar-refractivity contribution in [3.63, 3.8) is 0 Å². The van der Waals surface area contributed by atoms with Crippen molar-refractivity contribution in [2.24, 2.45) is 0 Å². The number of carbonyl (C=O) groups excluding carboxylic acids is 1. The average Bonchev–Trinajstić information content (AvgIpc) is 3.35. The van der Waals surface area contributed by atoms with Gasteiger partial charge < -0.3 is 14.4 Å². The fraction of sp³-hybridized carbons (Fsp3) is 0.235. The van der Waals surface area contributed by atoms with Gasteiger partial charge in [-0.2, -0.15) is 11.3 Å². The summed E-state index contributed by atoms with van der Waals surface area (Å²) < 4.78 is 1.92. The van der Waals surface area contributed by atoms with Crippen LogP contribution in [-0.2, 0) is 0 Å². The number of aromatic nitrogens is 3. The Labute approximate surface area is 144 Å². The molecule has 122 valence electrons. The third kappa shape index (κ3) is 2.90. The Morgan fingerprint density at radius 1 is 0.958 bits per heavy atom. The van der Waals surface area contributed by atoms with Crippen LogP contribution in [0.25, 0.3) is 5.82 Å². The molecule has 1 fully saturated rings. The molecule has 24 heavy (non-hydrogen) atoms. The number of amides is 1. The molecular weight excluding hydrogens is 322 g/mol. The maximum absolute atomic E-state index is 12.4. The lowest BCUT2D eigenvalue weighted by atomic mass is 10.2. The minimum absolute atomic E-state index is 0.116. The lowest BCUT2D eigenvalue weighted by molar-refractivity contribution is 0.0747. The van der Waals surface area contributed by atoms with Gasteiger partial charge in [0.1, 0.15) is 0 Å². The molecular formula is C17H17N5OS. The van der Waals surface area contributed by atoms with Crippen LogP contribution in [0.1, 0.15) is 10.4 Å². The SMILES string of the molecule is O=C(c1ccsc1)N1CCN(c2ccc(-n3cccc3)nn2)CC1. The fourth-order valence-electron chi connectivity index (χ4n) is 2.82. The molecule has 0 bridgehead atoms. The van der Waals surface area contributed by atoms with Crippen molar-refractivity contribution in [2.75, 3.05) is 31.1 Å². The van der Waals surface area contributed by atoms with Crippen LogP contribution in [-0.4, -0.2) is 51.8 Å². The van der Waals surface area contributed by atoms with Crippen LogP contribution in [0.15, 0.2) is 53.5 Å². The van der Waals surface area contributed by atoms with Gasteiger partial charge in [0, 0.05) is 44.0 Å². The Hall–Kier alpha value is -2.67. The van der Waals surface area contributed by atoms with E-state index in [4.69, 9.17) is 0 Å². The van der Waals surface area contributed by atoms with Gasteiger partial charge in [-0.15, -0.1) is 10.2 Å². The number of piperazine rings is 1. The van der Waals surface area contributed by atoms with Gasteiger partial charge >= 0.3 is 0 Å². The van der Waals surface area contributed by atoms with Crippen LogP contribution in [0.3, 0.4) is 0 Å². The van der Waals surface area contributed by atoms with Crippen molar-refractivity contribution < 1.29 is 4.79 Å². The molecule has 1 amide bonds. The zero-order valence-electron chi connectivity index (χ0n) is 13.1. The van der Waals surface area contributed by atoms with Gasteiger partial charge in [-0.25, -0.2) is 0 Å². The molecule has 0 unspecified atom stereocenters. The molecule has 0 atom stereocenters. The van der Waals surface area contributed by atoms with Gasteiger partial charge in [-0.1, -0.05) is 0 Å². The highest BCUT2D eigenvalue weighted by atomic mass is 32.1. The van der Waals surface area contributed by atoms with E-state index in [1.807, 2.05) is 63.0 Å². The first kappa shape index (κ1) is 14.9. The quantitative estimate of drug-likeness (QED) is 0.735. The maximum atomic E-state index is 12.4. The van der Waals surface area contributed by atoms with Gasteiger partial charge in [0.15, 0.2) is 11.6 Å². The summed E-state index contributed by atoms with van der Waals surface area (Å²) in [5, 5.41) is 12.5. The first-order chi connectivity index (χ1) is 11.8. The summed E-state index contributed by atoms with van der Waals surface area (Å²) in [5.74, 6) is 1.77. The number of nitrogens with zero attached hydrogens (tertiary/aromatic N) is 5. The van der Waals surface area contributed by atoms with Crippen molar-refractivity contribution in [3.8, 4) is 5.82 Å². The van der Waals surface area contributed by atoms with Crippen LogP contribution in [0.2, 0.25) is 0 Å². The van der Waals surface area contributed by atoms with Crippen LogP contribution in [0, 0.1) is 0 Å². The highest BCUT2D eigenvalue weighted by Crippen LogP contribution is 2.16. The largest absolute Gasteiger partial charge is 0.352 e. The van der Waals surface area contributed by atoms with E-state index < -0.39 is 0 Å². The Bertz CT molecular complexity index is 790. The van der Waals surface area contributed by atoms with Crippen molar-refractivity contribution in [1.29, 1.82) is 0 Å².